The molecule has 0 spiro atoms. The number of rotatable bonds is 7. The van der Waals surface area contributed by atoms with Crippen molar-refractivity contribution in [2.24, 2.45) is 11.8 Å². The largest absolute Gasteiger partial charge is 0.444 e. The Kier molecular flexibility index (Phi) is 8.34. The van der Waals surface area contributed by atoms with Gasteiger partial charge in [0.05, 0.1) is 6.10 Å². The smallest absolute Gasteiger partial charge is 0.407 e. The summed E-state index contributed by atoms with van der Waals surface area (Å²) in [6.07, 6.45) is 4.80. The Bertz CT molecular complexity index is 353. The molecule has 0 bridgehead atoms. The second-order valence-corrected chi connectivity index (χ2v) is 8.23. The maximum absolute atomic E-state index is 11.8. The number of aliphatic hydroxyl groups is 1. The van der Waals surface area contributed by atoms with Crippen molar-refractivity contribution in [1.82, 2.24) is 10.6 Å². The number of carbonyl (C=O) groups excluding carboxylic acids is 1. The molecule has 0 radical (unpaired) electrons. The topological polar surface area (TPSA) is 70.6 Å². The first-order valence-electron chi connectivity index (χ1n) is 9.05. The number of amides is 1. The lowest BCUT2D eigenvalue weighted by molar-refractivity contribution is 0.0508. The Morgan fingerprint density at radius 3 is 2.52 bits per heavy atom. The molecule has 5 nitrogen and oxygen atoms in total. The van der Waals surface area contributed by atoms with Crippen LogP contribution in [0.5, 0.6) is 0 Å². The summed E-state index contributed by atoms with van der Waals surface area (Å²) in [5.74, 6) is 0.908. The van der Waals surface area contributed by atoms with E-state index >= 15 is 0 Å². The molecule has 0 aromatic heterocycles. The Balaban J connectivity index is 2.38. The fraction of sp³-hybridized carbons (Fsp3) is 0.944. The van der Waals surface area contributed by atoms with Crippen molar-refractivity contribution >= 4 is 6.09 Å². The number of hydrogen-bond acceptors (Lipinski definition) is 4. The summed E-state index contributed by atoms with van der Waals surface area (Å²) in [6.45, 7) is 11.1. The molecular formula is C18H36N2O3. The van der Waals surface area contributed by atoms with Crippen LogP contribution >= 0.6 is 0 Å². The summed E-state index contributed by atoms with van der Waals surface area (Å²) in [4.78, 5) is 11.8. The highest BCUT2D eigenvalue weighted by molar-refractivity contribution is 5.67. The van der Waals surface area contributed by atoms with Crippen LogP contribution in [0.3, 0.4) is 0 Å². The van der Waals surface area contributed by atoms with Crippen molar-refractivity contribution in [2.45, 2.75) is 84.5 Å². The van der Waals surface area contributed by atoms with Crippen molar-refractivity contribution in [3.63, 3.8) is 0 Å². The zero-order valence-electron chi connectivity index (χ0n) is 15.5. The van der Waals surface area contributed by atoms with Crippen molar-refractivity contribution in [3.8, 4) is 0 Å². The van der Waals surface area contributed by atoms with Crippen LogP contribution in [0.25, 0.3) is 0 Å². The monoisotopic (exact) mass is 328 g/mol. The zero-order chi connectivity index (χ0) is 17.5. The maximum Gasteiger partial charge on any atom is 0.407 e. The van der Waals surface area contributed by atoms with Gasteiger partial charge in [-0.25, -0.2) is 4.79 Å². The molecule has 3 atom stereocenters. The average Bonchev–Trinajstić information content (AvgIpc) is 2.41. The number of aliphatic hydroxyl groups excluding tert-OH is 1. The van der Waals surface area contributed by atoms with E-state index in [-0.39, 0.29) is 12.2 Å². The second-order valence-electron chi connectivity index (χ2n) is 8.23. The summed E-state index contributed by atoms with van der Waals surface area (Å²) >= 11 is 0. The molecule has 0 aromatic rings. The van der Waals surface area contributed by atoms with Crippen LogP contribution < -0.4 is 10.6 Å². The predicted molar refractivity (Wildman–Crippen MR) is 93.4 cm³/mol. The first-order valence-corrected chi connectivity index (χ1v) is 9.05. The molecular weight excluding hydrogens is 292 g/mol. The van der Waals surface area contributed by atoms with Crippen molar-refractivity contribution in [1.29, 1.82) is 0 Å². The highest BCUT2D eigenvalue weighted by Crippen LogP contribution is 2.24. The minimum absolute atomic E-state index is 0.295. The number of carbonyl (C=O) groups is 1. The van der Waals surface area contributed by atoms with Crippen LogP contribution in [-0.4, -0.2) is 42.0 Å². The fourth-order valence-corrected chi connectivity index (χ4v) is 3.16. The van der Waals surface area contributed by atoms with Gasteiger partial charge in [-0.1, -0.05) is 26.7 Å². The lowest BCUT2D eigenvalue weighted by atomic mass is 9.84. The normalized spacial score (nSPS) is 23.6. The minimum atomic E-state index is -0.463. The predicted octanol–water partition coefficient (Wildman–Crippen LogP) is 3.07. The quantitative estimate of drug-likeness (QED) is 0.672. The second kappa shape index (κ2) is 9.48. The van der Waals surface area contributed by atoms with E-state index in [9.17, 15) is 9.90 Å². The van der Waals surface area contributed by atoms with E-state index in [2.05, 4.69) is 24.5 Å². The van der Waals surface area contributed by atoms with Gasteiger partial charge in [-0.3, -0.25) is 0 Å². The van der Waals surface area contributed by atoms with E-state index in [0.29, 0.717) is 31.0 Å². The molecule has 1 saturated carbocycles. The van der Waals surface area contributed by atoms with E-state index in [0.717, 1.165) is 19.3 Å². The average molecular weight is 328 g/mol. The summed E-state index contributed by atoms with van der Waals surface area (Å²) in [7, 11) is 0. The van der Waals surface area contributed by atoms with Crippen LogP contribution in [0.15, 0.2) is 0 Å². The van der Waals surface area contributed by atoms with E-state index in [4.69, 9.17) is 4.74 Å². The number of hydrogen-bond donors (Lipinski definition) is 3. The third-order valence-electron chi connectivity index (χ3n) is 4.18. The van der Waals surface area contributed by atoms with Gasteiger partial charge in [0.25, 0.3) is 0 Å². The maximum atomic E-state index is 11.8. The van der Waals surface area contributed by atoms with E-state index in [1.807, 2.05) is 20.8 Å². The molecule has 0 heterocycles. The Labute approximate surface area is 141 Å². The summed E-state index contributed by atoms with van der Waals surface area (Å²) in [5.41, 5.74) is -0.463. The molecule has 136 valence electrons. The van der Waals surface area contributed by atoms with Crippen LogP contribution in [0.1, 0.15) is 66.7 Å². The number of nitrogens with one attached hydrogen (secondary N) is 2. The van der Waals surface area contributed by atoms with Gasteiger partial charge in [0.15, 0.2) is 0 Å². The standard InChI is InChI=1S/C18H36N2O3/c1-13(2)10-15(21)12-19-16-9-7-6-8-14(16)11-20-17(22)23-18(3,4)5/h13-16,19,21H,6-12H2,1-5H3,(H,20,22). The third-order valence-corrected chi connectivity index (χ3v) is 4.18. The van der Waals surface area contributed by atoms with Gasteiger partial charge in [-0.2, -0.15) is 0 Å². The van der Waals surface area contributed by atoms with Crippen LogP contribution in [0.2, 0.25) is 0 Å². The molecule has 5 heteroatoms. The van der Waals surface area contributed by atoms with Crippen LogP contribution in [-0.2, 0) is 4.74 Å². The first-order chi connectivity index (χ1) is 10.7. The molecule has 0 aromatic carbocycles. The lowest BCUT2D eigenvalue weighted by Crippen LogP contribution is -2.47. The van der Waals surface area contributed by atoms with E-state index in [1.54, 1.807) is 0 Å². The molecule has 1 rings (SSSR count). The summed E-state index contributed by atoms with van der Waals surface area (Å²) in [6, 6.07) is 0.362. The molecule has 1 amide bonds. The van der Waals surface area contributed by atoms with Gasteiger partial charge in [0, 0.05) is 19.1 Å². The van der Waals surface area contributed by atoms with Gasteiger partial charge >= 0.3 is 6.09 Å². The zero-order valence-corrected chi connectivity index (χ0v) is 15.5. The molecule has 0 aliphatic heterocycles. The van der Waals surface area contributed by atoms with Crippen LogP contribution in [0, 0.1) is 11.8 Å². The van der Waals surface area contributed by atoms with Crippen molar-refractivity contribution < 1.29 is 14.6 Å². The Hall–Kier alpha value is -0.810. The number of alkyl carbamates (subject to hydrolysis) is 1. The lowest BCUT2D eigenvalue weighted by Gasteiger charge is -2.33. The van der Waals surface area contributed by atoms with Gasteiger partial charge in [0.2, 0.25) is 0 Å². The van der Waals surface area contributed by atoms with Gasteiger partial charge in [0.1, 0.15) is 5.60 Å². The summed E-state index contributed by atoms with van der Waals surface area (Å²) < 4.78 is 5.30. The third kappa shape index (κ3) is 9.16. The molecule has 1 aliphatic carbocycles. The number of ether oxygens (including phenoxy) is 1. The molecule has 1 fully saturated rings. The molecule has 23 heavy (non-hydrogen) atoms. The van der Waals surface area contributed by atoms with Crippen LogP contribution in [0.4, 0.5) is 4.79 Å². The molecule has 1 aliphatic rings. The molecule has 0 saturated heterocycles. The Morgan fingerprint density at radius 2 is 1.91 bits per heavy atom. The highest BCUT2D eigenvalue weighted by atomic mass is 16.6. The SMILES string of the molecule is CC(C)CC(O)CNC1CCCCC1CNC(=O)OC(C)(C)C. The minimum Gasteiger partial charge on any atom is -0.444 e. The van der Waals surface area contributed by atoms with Crippen molar-refractivity contribution in [3.05, 3.63) is 0 Å². The van der Waals surface area contributed by atoms with E-state index in [1.165, 1.54) is 12.8 Å². The van der Waals surface area contributed by atoms with Crippen molar-refractivity contribution in [2.75, 3.05) is 13.1 Å². The summed E-state index contributed by atoms with van der Waals surface area (Å²) in [5, 5.41) is 16.4. The fourth-order valence-electron chi connectivity index (χ4n) is 3.16. The van der Waals surface area contributed by atoms with E-state index < -0.39 is 5.60 Å². The first kappa shape index (κ1) is 20.2. The van der Waals surface area contributed by atoms with Gasteiger partial charge in [-0.05, 0) is 51.9 Å². The molecule has 3 unspecified atom stereocenters. The van der Waals surface area contributed by atoms with Gasteiger partial charge in [-0.15, -0.1) is 0 Å². The van der Waals surface area contributed by atoms with Gasteiger partial charge < -0.3 is 20.5 Å². The molecule has 3 N–H and O–H groups in total. The Morgan fingerprint density at radius 1 is 1.26 bits per heavy atom. The highest BCUT2D eigenvalue weighted by Gasteiger charge is 2.26.